The number of hydrogen-bond acceptors (Lipinski definition) is 3. The smallest absolute Gasteiger partial charge is 0.229 e. The first-order valence-electron chi connectivity index (χ1n) is 11.9. The van der Waals surface area contributed by atoms with Gasteiger partial charge in [0, 0.05) is 44.2 Å². The third kappa shape index (κ3) is 4.56. The van der Waals surface area contributed by atoms with E-state index in [1.54, 1.807) is 0 Å². The van der Waals surface area contributed by atoms with Crippen molar-refractivity contribution in [1.29, 1.82) is 0 Å². The molecule has 3 aliphatic rings. The Bertz CT molecular complexity index is 771. The van der Waals surface area contributed by atoms with Crippen LogP contribution in [0.5, 0.6) is 0 Å². The Morgan fingerprint density at radius 2 is 1.73 bits per heavy atom. The Kier molecular flexibility index (Phi) is 6.47. The molecule has 0 radical (unpaired) electrons. The summed E-state index contributed by atoms with van der Waals surface area (Å²) in [4.78, 5) is 32.4. The van der Waals surface area contributed by atoms with Crippen molar-refractivity contribution >= 4 is 17.5 Å². The minimum Gasteiger partial charge on any atom is -0.342 e. The minimum atomic E-state index is -0.0106. The highest BCUT2D eigenvalue weighted by molar-refractivity contribution is 5.95. The normalized spacial score (nSPS) is 24.9. The molecular formula is C25H37N3O2. The number of nitrogens with zero attached hydrogens (tertiary/aromatic N) is 3. The van der Waals surface area contributed by atoms with Crippen molar-refractivity contribution in [3.8, 4) is 0 Å². The third-order valence-electron chi connectivity index (χ3n) is 7.36. The fourth-order valence-electron chi connectivity index (χ4n) is 5.52. The van der Waals surface area contributed by atoms with Crippen LogP contribution in [0, 0.1) is 11.3 Å². The van der Waals surface area contributed by atoms with E-state index < -0.39 is 0 Å². The summed E-state index contributed by atoms with van der Waals surface area (Å²) in [6.07, 6.45) is 7.48. The summed E-state index contributed by atoms with van der Waals surface area (Å²) in [5.41, 5.74) is 2.43. The van der Waals surface area contributed by atoms with Gasteiger partial charge in [0.2, 0.25) is 11.8 Å². The molecule has 4 rings (SSSR count). The monoisotopic (exact) mass is 411 g/mol. The number of carbonyl (C=O) groups is 2. The van der Waals surface area contributed by atoms with Crippen LogP contribution in [0.2, 0.25) is 0 Å². The molecule has 5 heteroatoms. The second-order valence-corrected chi connectivity index (χ2v) is 9.92. The summed E-state index contributed by atoms with van der Waals surface area (Å²) in [5.74, 6) is 0.501. The van der Waals surface area contributed by atoms with E-state index in [1.807, 2.05) is 24.8 Å². The fraction of sp³-hybridized carbons (Fsp3) is 0.680. The number of piperidine rings is 1. The molecule has 1 spiro atoms. The predicted molar refractivity (Wildman–Crippen MR) is 120 cm³/mol. The number of carbonyl (C=O) groups excluding carboxylic acids is 2. The molecule has 0 aliphatic carbocycles. The van der Waals surface area contributed by atoms with E-state index in [9.17, 15) is 9.59 Å². The number of rotatable bonds is 4. The fourth-order valence-corrected chi connectivity index (χ4v) is 5.52. The number of hydrogen-bond donors (Lipinski definition) is 0. The molecule has 1 unspecified atom stereocenters. The first-order chi connectivity index (χ1) is 14.5. The molecule has 30 heavy (non-hydrogen) atoms. The Morgan fingerprint density at radius 1 is 1.00 bits per heavy atom. The molecule has 3 heterocycles. The number of anilines is 1. The van der Waals surface area contributed by atoms with Crippen LogP contribution in [0.1, 0.15) is 57.9 Å². The number of fused-ring (bicyclic) bond motifs is 1. The van der Waals surface area contributed by atoms with E-state index in [-0.39, 0.29) is 17.2 Å². The first kappa shape index (κ1) is 21.4. The highest BCUT2D eigenvalue weighted by Crippen LogP contribution is 2.43. The molecule has 164 valence electrons. The summed E-state index contributed by atoms with van der Waals surface area (Å²) in [5, 5.41) is 0. The zero-order valence-corrected chi connectivity index (χ0v) is 18.7. The molecule has 1 aromatic carbocycles. The molecule has 0 saturated carbocycles. The van der Waals surface area contributed by atoms with E-state index in [0.717, 1.165) is 64.2 Å². The molecule has 2 amide bonds. The maximum Gasteiger partial charge on any atom is 0.229 e. The molecule has 0 bridgehead atoms. The Balaban J connectivity index is 1.43. The van der Waals surface area contributed by atoms with Gasteiger partial charge in [-0.15, -0.1) is 0 Å². The van der Waals surface area contributed by atoms with Gasteiger partial charge in [-0.1, -0.05) is 38.5 Å². The number of likely N-dealkylation sites (tertiary alicyclic amines) is 2. The molecular weight excluding hydrogens is 374 g/mol. The van der Waals surface area contributed by atoms with Gasteiger partial charge >= 0.3 is 0 Å². The standard InChI is InChI=1S/C25H37N3O2/c1-20(2)24(30)28-17-12-25(18-21-8-4-5-9-22(21)28)11-16-27(19-25)23(29)10-15-26-13-6-3-7-14-26/h4-5,8-9,20H,3,6-7,10-19H2,1-2H3. The number of amides is 2. The molecule has 3 aliphatic heterocycles. The second kappa shape index (κ2) is 9.09. The molecule has 2 saturated heterocycles. The Labute approximate surface area is 181 Å². The van der Waals surface area contributed by atoms with Crippen LogP contribution >= 0.6 is 0 Å². The SMILES string of the molecule is CC(C)C(=O)N1CCC2(CCN(C(=O)CCN3CCCCC3)C2)Cc2ccccc21. The highest BCUT2D eigenvalue weighted by atomic mass is 16.2. The number of benzene rings is 1. The van der Waals surface area contributed by atoms with Gasteiger partial charge in [-0.3, -0.25) is 9.59 Å². The van der Waals surface area contributed by atoms with Crippen LogP contribution < -0.4 is 4.90 Å². The molecule has 1 aromatic rings. The molecule has 5 nitrogen and oxygen atoms in total. The summed E-state index contributed by atoms with van der Waals surface area (Å²) in [6, 6.07) is 8.36. The lowest BCUT2D eigenvalue weighted by atomic mass is 9.78. The zero-order chi connectivity index (χ0) is 21.1. The van der Waals surface area contributed by atoms with Crippen molar-refractivity contribution in [2.24, 2.45) is 11.3 Å². The summed E-state index contributed by atoms with van der Waals surface area (Å²) in [7, 11) is 0. The van der Waals surface area contributed by atoms with Crippen LogP contribution in [-0.2, 0) is 16.0 Å². The Morgan fingerprint density at radius 3 is 2.50 bits per heavy atom. The predicted octanol–water partition coefficient (Wildman–Crippen LogP) is 3.72. The van der Waals surface area contributed by atoms with Crippen LogP contribution in [0.15, 0.2) is 24.3 Å². The van der Waals surface area contributed by atoms with Crippen LogP contribution in [0.25, 0.3) is 0 Å². The van der Waals surface area contributed by atoms with Crippen LogP contribution in [0.3, 0.4) is 0 Å². The third-order valence-corrected chi connectivity index (χ3v) is 7.36. The van der Waals surface area contributed by atoms with E-state index >= 15 is 0 Å². The average molecular weight is 412 g/mol. The highest BCUT2D eigenvalue weighted by Gasteiger charge is 2.42. The molecule has 1 atom stereocenters. The molecule has 2 fully saturated rings. The van der Waals surface area contributed by atoms with Crippen molar-refractivity contribution in [2.45, 2.75) is 58.8 Å². The van der Waals surface area contributed by atoms with Gasteiger partial charge in [0.05, 0.1) is 0 Å². The lowest BCUT2D eigenvalue weighted by molar-refractivity contribution is -0.131. The maximum absolute atomic E-state index is 12.9. The first-order valence-corrected chi connectivity index (χ1v) is 11.9. The largest absolute Gasteiger partial charge is 0.342 e. The second-order valence-electron chi connectivity index (χ2n) is 9.92. The van der Waals surface area contributed by atoms with Gasteiger partial charge in [-0.25, -0.2) is 0 Å². The minimum absolute atomic E-state index is 0.0106. The van der Waals surface area contributed by atoms with Gasteiger partial charge in [0.25, 0.3) is 0 Å². The van der Waals surface area contributed by atoms with Crippen molar-refractivity contribution in [3.63, 3.8) is 0 Å². The maximum atomic E-state index is 12.9. The number of para-hydroxylation sites is 1. The summed E-state index contributed by atoms with van der Waals surface area (Å²) < 4.78 is 0. The van der Waals surface area contributed by atoms with E-state index in [1.165, 1.54) is 24.8 Å². The van der Waals surface area contributed by atoms with Gasteiger partial charge in [0.15, 0.2) is 0 Å². The van der Waals surface area contributed by atoms with E-state index in [2.05, 4.69) is 28.0 Å². The van der Waals surface area contributed by atoms with Crippen molar-refractivity contribution in [2.75, 3.05) is 44.2 Å². The van der Waals surface area contributed by atoms with Gasteiger partial charge in [-0.2, -0.15) is 0 Å². The van der Waals surface area contributed by atoms with Crippen molar-refractivity contribution in [1.82, 2.24) is 9.80 Å². The molecule has 0 aromatic heterocycles. The average Bonchev–Trinajstić information content (AvgIpc) is 3.10. The lowest BCUT2D eigenvalue weighted by Crippen LogP contribution is -2.38. The van der Waals surface area contributed by atoms with Gasteiger partial charge < -0.3 is 14.7 Å². The summed E-state index contributed by atoms with van der Waals surface area (Å²) >= 11 is 0. The van der Waals surface area contributed by atoms with Crippen LogP contribution in [0.4, 0.5) is 5.69 Å². The lowest BCUT2D eigenvalue weighted by Gasteiger charge is -2.29. The van der Waals surface area contributed by atoms with Gasteiger partial charge in [0.1, 0.15) is 0 Å². The molecule has 0 N–H and O–H groups in total. The van der Waals surface area contributed by atoms with Gasteiger partial charge in [-0.05, 0) is 62.2 Å². The van der Waals surface area contributed by atoms with E-state index in [0.29, 0.717) is 12.3 Å². The van der Waals surface area contributed by atoms with Crippen molar-refractivity contribution in [3.05, 3.63) is 29.8 Å². The quantitative estimate of drug-likeness (QED) is 0.759. The van der Waals surface area contributed by atoms with Crippen LogP contribution in [-0.4, -0.2) is 60.9 Å². The van der Waals surface area contributed by atoms with Crippen molar-refractivity contribution < 1.29 is 9.59 Å². The topological polar surface area (TPSA) is 43.9 Å². The Hall–Kier alpha value is -1.88. The zero-order valence-electron chi connectivity index (χ0n) is 18.7. The summed E-state index contributed by atoms with van der Waals surface area (Å²) in [6.45, 7) is 9.60. The van der Waals surface area contributed by atoms with E-state index in [4.69, 9.17) is 0 Å².